The number of carbonyl (C=O) groups excluding carboxylic acids is 1. The van der Waals surface area contributed by atoms with E-state index in [0.29, 0.717) is 0 Å². The van der Waals surface area contributed by atoms with Gasteiger partial charge in [-0.15, -0.1) is 0 Å². The number of rotatable bonds is 4. The highest BCUT2D eigenvalue weighted by atomic mass is 79.9. The van der Waals surface area contributed by atoms with Crippen molar-refractivity contribution < 1.29 is 18.0 Å². The molecule has 1 aromatic carbocycles. The first-order valence-corrected chi connectivity index (χ1v) is 5.31. The lowest BCUT2D eigenvalue weighted by molar-refractivity contribution is -0.115. The summed E-state index contributed by atoms with van der Waals surface area (Å²) >= 11 is 2.90. The number of Topliss-reactive ketones (excluding diaryl/α,β-unsaturated/α-hetero) is 1. The summed E-state index contributed by atoms with van der Waals surface area (Å²) in [5.74, 6) is -1.09. The van der Waals surface area contributed by atoms with Gasteiger partial charge in [0.15, 0.2) is 0 Å². The van der Waals surface area contributed by atoms with E-state index in [1.54, 1.807) is 0 Å². The number of ketones is 1. The molecule has 0 spiro atoms. The fourth-order valence-electron chi connectivity index (χ4n) is 1.21. The van der Waals surface area contributed by atoms with E-state index < -0.39 is 17.8 Å². The van der Waals surface area contributed by atoms with Gasteiger partial charge in [-0.05, 0) is 6.07 Å². The van der Waals surface area contributed by atoms with E-state index in [4.69, 9.17) is 0 Å². The Balaban J connectivity index is 3.07. The number of hydrogen-bond donors (Lipinski definition) is 0. The summed E-state index contributed by atoms with van der Waals surface area (Å²) in [5.41, 5.74) is -0.624. The summed E-state index contributed by atoms with van der Waals surface area (Å²) in [6, 6.07) is 3.41. The molecule has 0 radical (unpaired) electrons. The van der Waals surface area contributed by atoms with Gasteiger partial charge in [0.25, 0.3) is 6.43 Å². The first kappa shape index (κ1) is 12.2. The molecule has 0 amide bonds. The van der Waals surface area contributed by atoms with Gasteiger partial charge < -0.3 is 0 Å². The average molecular weight is 281 g/mol. The molecule has 0 unspecified atom stereocenters. The molecule has 15 heavy (non-hydrogen) atoms. The molecule has 0 aliphatic rings. The quantitative estimate of drug-likeness (QED) is 0.774. The van der Waals surface area contributed by atoms with E-state index in [2.05, 4.69) is 15.9 Å². The SMILES string of the molecule is O=C(CBr)Cc1c(F)cccc1C(F)F. The summed E-state index contributed by atoms with van der Waals surface area (Å²) in [7, 11) is 0. The molecule has 0 atom stereocenters. The van der Waals surface area contributed by atoms with Crippen molar-refractivity contribution in [3.05, 3.63) is 35.1 Å². The number of alkyl halides is 3. The Morgan fingerprint density at radius 3 is 2.60 bits per heavy atom. The lowest BCUT2D eigenvalue weighted by Gasteiger charge is -2.08. The maximum atomic E-state index is 13.2. The molecule has 1 nitrogen and oxygen atoms in total. The third kappa shape index (κ3) is 3.06. The van der Waals surface area contributed by atoms with Gasteiger partial charge in [-0.1, -0.05) is 28.1 Å². The van der Waals surface area contributed by atoms with Crippen molar-refractivity contribution in [3.8, 4) is 0 Å². The molecule has 5 heteroatoms. The lowest BCUT2D eigenvalue weighted by atomic mass is 10.0. The second kappa shape index (κ2) is 5.30. The molecule has 1 rings (SSSR count). The van der Waals surface area contributed by atoms with Crippen molar-refractivity contribution in [1.29, 1.82) is 0 Å². The minimum Gasteiger partial charge on any atom is -0.298 e. The van der Waals surface area contributed by atoms with Crippen molar-refractivity contribution >= 4 is 21.7 Å². The molecule has 0 saturated heterocycles. The molecule has 82 valence electrons. The normalized spacial score (nSPS) is 10.7. The highest BCUT2D eigenvalue weighted by Crippen LogP contribution is 2.25. The summed E-state index contributed by atoms with van der Waals surface area (Å²) in [6.45, 7) is 0. The number of carbonyl (C=O) groups is 1. The topological polar surface area (TPSA) is 17.1 Å². The largest absolute Gasteiger partial charge is 0.298 e. The molecule has 0 aromatic heterocycles. The summed E-state index contributed by atoms with van der Waals surface area (Å²) in [4.78, 5) is 11.0. The molecule has 1 aromatic rings. The van der Waals surface area contributed by atoms with E-state index >= 15 is 0 Å². The van der Waals surface area contributed by atoms with E-state index in [0.717, 1.165) is 12.1 Å². The maximum absolute atomic E-state index is 13.2. The summed E-state index contributed by atoms with van der Waals surface area (Å²) in [5, 5.41) is 0.0318. The van der Waals surface area contributed by atoms with Crippen LogP contribution in [0.3, 0.4) is 0 Å². The van der Waals surface area contributed by atoms with Gasteiger partial charge in [-0.3, -0.25) is 4.79 Å². The molecular formula is C10H8BrF3O. The van der Waals surface area contributed by atoms with Gasteiger partial charge in [0, 0.05) is 17.5 Å². The highest BCUT2D eigenvalue weighted by molar-refractivity contribution is 9.09. The Morgan fingerprint density at radius 2 is 2.07 bits per heavy atom. The Labute approximate surface area is 93.4 Å². The fraction of sp³-hybridized carbons (Fsp3) is 0.300. The smallest absolute Gasteiger partial charge is 0.264 e. The van der Waals surface area contributed by atoms with E-state index in [1.807, 2.05) is 0 Å². The monoisotopic (exact) mass is 280 g/mol. The van der Waals surface area contributed by atoms with Crippen LogP contribution in [0.5, 0.6) is 0 Å². The van der Waals surface area contributed by atoms with Crippen LogP contribution in [0.1, 0.15) is 17.6 Å². The zero-order valence-corrected chi connectivity index (χ0v) is 9.23. The van der Waals surface area contributed by atoms with E-state index in [-0.39, 0.29) is 23.1 Å². The second-order valence-electron chi connectivity index (χ2n) is 2.96. The molecule has 0 bridgehead atoms. The van der Waals surface area contributed by atoms with Crippen molar-refractivity contribution in [2.45, 2.75) is 12.8 Å². The zero-order chi connectivity index (χ0) is 11.4. The van der Waals surface area contributed by atoms with Gasteiger partial charge in [0.1, 0.15) is 11.6 Å². The van der Waals surface area contributed by atoms with Crippen LogP contribution in [0.2, 0.25) is 0 Å². The number of hydrogen-bond acceptors (Lipinski definition) is 1. The van der Waals surface area contributed by atoms with Gasteiger partial charge in [-0.25, -0.2) is 13.2 Å². The van der Waals surface area contributed by atoms with Crippen LogP contribution in [0, 0.1) is 5.82 Å². The summed E-state index contributed by atoms with van der Waals surface area (Å²) < 4.78 is 38.2. The van der Waals surface area contributed by atoms with Gasteiger partial charge in [-0.2, -0.15) is 0 Å². The van der Waals surface area contributed by atoms with E-state index in [1.165, 1.54) is 6.07 Å². The second-order valence-corrected chi connectivity index (χ2v) is 3.52. The standard InChI is InChI=1S/C10H8BrF3O/c11-5-6(15)4-8-7(10(13)14)2-1-3-9(8)12/h1-3,10H,4-5H2. The molecule has 0 N–H and O–H groups in total. The van der Waals surface area contributed by atoms with Gasteiger partial charge in [0.05, 0.1) is 5.33 Å². The van der Waals surface area contributed by atoms with Gasteiger partial charge >= 0.3 is 0 Å². The highest BCUT2D eigenvalue weighted by Gasteiger charge is 2.17. The number of benzene rings is 1. The Morgan fingerprint density at radius 1 is 1.40 bits per heavy atom. The average Bonchev–Trinajstić information content (AvgIpc) is 2.20. The maximum Gasteiger partial charge on any atom is 0.264 e. The predicted molar refractivity (Wildman–Crippen MR) is 53.9 cm³/mol. The van der Waals surface area contributed by atoms with Crippen LogP contribution in [0.25, 0.3) is 0 Å². The predicted octanol–water partition coefficient (Wildman–Crippen LogP) is 3.27. The Hall–Kier alpha value is -0.840. The minimum absolute atomic E-state index is 0.0318. The molecular weight excluding hydrogens is 273 g/mol. The van der Waals surface area contributed by atoms with Crippen molar-refractivity contribution in [2.24, 2.45) is 0 Å². The van der Waals surface area contributed by atoms with Crippen molar-refractivity contribution in [1.82, 2.24) is 0 Å². The fourth-order valence-corrected chi connectivity index (χ4v) is 1.41. The minimum atomic E-state index is -2.76. The third-order valence-electron chi connectivity index (χ3n) is 1.91. The molecule has 0 saturated carbocycles. The molecule has 0 aliphatic carbocycles. The van der Waals surface area contributed by atoms with Crippen molar-refractivity contribution in [2.75, 3.05) is 5.33 Å². The third-order valence-corrected chi connectivity index (χ3v) is 2.54. The number of halogens is 4. The first-order valence-electron chi connectivity index (χ1n) is 4.19. The lowest BCUT2D eigenvalue weighted by Crippen LogP contribution is -2.08. The summed E-state index contributed by atoms with van der Waals surface area (Å²) in [6.07, 6.45) is -3.07. The van der Waals surface area contributed by atoms with Crippen LogP contribution in [0.15, 0.2) is 18.2 Å². The van der Waals surface area contributed by atoms with Crippen LogP contribution >= 0.6 is 15.9 Å². The van der Waals surface area contributed by atoms with Crippen LogP contribution < -0.4 is 0 Å². The van der Waals surface area contributed by atoms with E-state index in [9.17, 15) is 18.0 Å². The first-order chi connectivity index (χ1) is 7.06. The van der Waals surface area contributed by atoms with Crippen LogP contribution in [0.4, 0.5) is 13.2 Å². The van der Waals surface area contributed by atoms with Crippen LogP contribution in [-0.4, -0.2) is 11.1 Å². The Bertz CT molecular complexity index is 366. The van der Waals surface area contributed by atoms with Crippen LogP contribution in [-0.2, 0) is 11.2 Å². The zero-order valence-electron chi connectivity index (χ0n) is 7.64. The molecule has 0 aliphatic heterocycles. The molecule has 0 fully saturated rings. The van der Waals surface area contributed by atoms with Crippen molar-refractivity contribution in [3.63, 3.8) is 0 Å². The Kier molecular flexibility index (Phi) is 4.32. The van der Waals surface area contributed by atoms with Gasteiger partial charge in [0.2, 0.25) is 0 Å². The molecule has 0 heterocycles.